The Balaban J connectivity index is 1.88. The molecule has 3 N–H and O–H groups in total. The van der Waals surface area contributed by atoms with E-state index in [1.165, 1.54) is 12.1 Å². The third-order valence-corrected chi connectivity index (χ3v) is 4.77. The number of aromatic nitrogens is 4. The number of aryl methyl sites for hydroxylation is 1. The molecule has 3 rings (SSSR count). The lowest BCUT2D eigenvalue weighted by Gasteiger charge is -2.11. The van der Waals surface area contributed by atoms with Crippen molar-refractivity contribution in [1.82, 2.24) is 19.7 Å². The molecule has 0 unspecified atom stereocenters. The first-order valence-electron chi connectivity index (χ1n) is 7.81. The Labute approximate surface area is 146 Å². The number of benzene rings is 1. The van der Waals surface area contributed by atoms with Gasteiger partial charge in [-0.1, -0.05) is 26.0 Å². The third-order valence-electron chi connectivity index (χ3n) is 3.84. The fourth-order valence-corrected chi connectivity index (χ4v) is 2.93. The topological polar surface area (TPSA) is 116 Å². The molecule has 0 aliphatic carbocycles. The van der Waals surface area contributed by atoms with Crippen molar-refractivity contribution in [2.45, 2.75) is 31.2 Å². The predicted octanol–water partition coefficient (Wildman–Crippen LogP) is 1.75. The van der Waals surface area contributed by atoms with E-state index in [1.54, 1.807) is 23.0 Å². The number of fused-ring (bicyclic) bond motifs is 1. The summed E-state index contributed by atoms with van der Waals surface area (Å²) in [5.74, 6) is 1.63. The Hall–Kier alpha value is -2.52. The van der Waals surface area contributed by atoms with E-state index in [1.807, 2.05) is 20.9 Å². The van der Waals surface area contributed by atoms with Crippen LogP contribution >= 0.6 is 0 Å². The lowest BCUT2D eigenvalue weighted by Crippen LogP contribution is -2.12. The van der Waals surface area contributed by atoms with Gasteiger partial charge >= 0.3 is 0 Å². The molecular formula is C16H20N6O2S. The zero-order chi connectivity index (χ0) is 18.2. The van der Waals surface area contributed by atoms with Crippen LogP contribution < -0.4 is 10.5 Å². The SMILES string of the molecule is CC(C)c1nc(NCc2ccc(S(N)(=O)=O)cc2)c2cnn(C)c2n1. The van der Waals surface area contributed by atoms with Crippen molar-refractivity contribution in [3.63, 3.8) is 0 Å². The second-order valence-corrected chi connectivity index (χ2v) is 7.69. The Morgan fingerprint density at radius 1 is 1.20 bits per heavy atom. The summed E-state index contributed by atoms with van der Waals surface area (Å²) in [4.78, 5) is 9.24. The minimum atomic E-state index is -3.68. The minimum absolute atomic E-state index is 0.0926. The van der Waals surface area contributed by atoms with Crippen LogP contribution in [0, 0.1) is 0 Å². The van der Waals surface area contributed by atoms with Gasteiger partial charge in [0.1, 0.15) is 11.6 Å². The van der Waals surface area contributed by atoms with Crippen molar-refractivity contribution < 1.29 is 8.42 Å². The third kappa shape index (κ3) is 3.62. The highest BCUT2D eigenvalue weighted by molar-refractivity contribution is 7.89. The maximum absolute atomic E-state index is 11.3. The summed E-state index contributed by atoms with van der Waals surface area (Å²) >= 11 is 0. The molecule has 8 nitrogen and oxygen atoms in total. The van der Waals surface area contributed by atoms with Crippen molar-refractivity contribution in [3.05, 3.63) is 41.9 Å². The highest BCUT2D eigenvalue weighted by Gasteiger charge is 2.13. The maximum atomic E-state index is 11.3. The normalized spacial score (nSPS) is 12.0. The lowest BCUT2D eigenvalue weighted by molar-refractivity contribution is 0.598. The molecule has 0 amide bonds. The van der Waals surface area contributed by atoms with Crippen molar-refractivity contribution in [2.24, 2.45) is 12.2 Å². The Bertz CT molecular complexity index is 1010. The van der Waals surface area contributed by atoms with Gasteiger partial charge in [-0.3, -0.25) is 4.68 Å². The summed E-state index contributed by atoms with van der Waals surface area (Å²) in [7, 11) is -1.84. The average Bonchev–Trinajstić information content (AvgIpc) is 2.93. The fraction of sp³-hybridized carbons (Fsp3) is 0.312. The number of sulfonamides is 1. The molecule has 0 radical (unpaired) electrons. The van der Waals surface area contributed by atoms with Crippen LogP contribution in [0.25, 0.3) is 11.0 Å². The maximum Gasteiger partial charge on any atom is 0.238 e. The van der Waals surface area contributed by atoms with Gasteiger partial charge in [0.15, 0.2) is 5.65 Å². The van der Waals surface area contributed by atoms with Crippen LogP contribution in [0.4, 0.5) is 5.82 Å². The van der Waals surface area contributed by atoms with E-state index in [2.05, 4.69) is 20.4 Å². The number of primary sulfonamides is 1. The zero-order valence-electron chi connectivity index (χ0n) is 14.3. The molecule has 132 valence electrons. The molecule has 2 heterocycles. The summed E-state index contributed by atoms with van der Waals surface area (Å²) in [6.45, 7) is 4.56. The number of hydrogen-bond acceptors (Lipinski definition) is 6. The van der Waals surface area contributed by atoms with E-state index in [4.69, 9.17) is 5.14 Å². The molecule has 0 bridgehead atoms. The highest BCUT2D eigenvalue weighted by atomic mass is 32.2. The van der Waals surface area contributed by atoms with Crippen molar-refractivity contribution in [3.8, 4) is 0 Å². The molecule has 0 fully saturated rings. The fourth-order valence-electron chi connectivity index (χ4n) is 2.41. The highest BCUT2D eigenvalue weighted by Crippen LogP contribution is 2.23. The van der Waals surface area contributed by atoms with Gasteiger partial charge in [-0.15, -0.1) is 0 Å². The lowest BCUT2D eigenvalue weighted by atomic mass is 10.2. The molecule has 0 spiro atoms. The molecule has 0 saturated carbocycles. The molecule has 3 aromatic rings. The van der Waals surface area contributed by atoms with Crippen LogP contribution in [0.3, 0.4) is 0 Å². The Morgan fingerprint density at radius 2 is 1.88 bits per heavy atom. The monoisotopic (exact) mass is 360 g/mol. The van der Waals surface area contributed by atoms with Crippen LogP contribution in [0.1, 0.15) is 31.2 Å². The number of anilines is 1. The molecule has 25 heavy (non-hydrogen) atoms. The van der Waals surface area contributed by atoms with Crippen LogP contribution in [0.2, 0.25) is 0 Å². The van der Waals surface area contributed by atoms with E-state index < -0.39 is 10.0 Å². The summed E-state index contributed by atoms with van der Waals surface area (Å²) in [6, 6.07) is 6.42. The van der Waals surface area contributed by atoms with E-state index >= 15 is 0 Å². The first kappa shape index (κ1) is 17.3. The zero-order valence-corrected chi connectivity index (χ0v) is 15.1. The first-order valence-corrected chi connectivity index (χ1v) is 9.35. The Kier molecular flexibility index (Phi) is 4.44. The van der Waals surface area contributed by atoms with Crippen LogP contribution in [0.5, 0.6) is 0 Å². The molecule has 9 heteroatoms. The van der Waals surface area contributed by atoms with Gasteiger partial charge in [0.25, 0.3) is 0 Å². The quantitative estimate of drug-likeness (QED) is 0.716. The minimum Gasteiger partial charge on any atom is -0.365 e. The largest absolute Gasteiger partial charge is 0.365 e. The van der Waals surface area contributed by atoms with E-state index in [9.17, 15) is 8.42 Å². The number of nitrogens with zero attached hydrogens (tertiary/aromatic N) is 4. The predicted molar refractivity (Wildman–Crippen MR) is 95.5 cm³/mol. The van der Waals surface area contributed by atoms with Crippen LogP contribution in [-0.4, -0.2) is 28.2 Å². The molecule has 0 saturated heterocycles. The molecule has 1 aromatic carbocycles. The molecule has 0 atom stereocenters. The average molecular weight is 360 g/mol. The van der Waals surface area contributed by atoms with Gasteiger partial charge in [0.2, 0.25) is 10.0 Å². The van der Waals surface area contributed by atoms with Gasteiger partial charge in [-0.2, -0.15) is 5.10 Å². The smallest absolute Gasteiger partial charge is 0.238 e. The van der Waals surface area contributed by atoms with Gasteiger partial charge in [0.05, 0.1) is 16.5 Å². The standard InChI is InChI=1S/C16H20N6O2S/c1-10(2)14-20-15(13-9-19-22(3)16(13)21-14)18-8-11-4-6-12(7-5-11)25(17,23)24/h4-7,9-10H,8H2,1-3H3,(H2,17,23,24)(H,18,20,21). The molecule has 0 aliphatic rings. The number of rotatable bonds is 5. The number of nitrogens with one attached hydrogen (secondary N) is 1. The first-order chi connectivity index (χ1) is 11.8. The molecule has 0 aliphatic heterocycles. The number of hydrogen-bond donors (Lipinski definition) is 2. The second kappa shape index (κ2) is 6.41. The van der Waals surface area contributed by atoms with Crippen molar-refractivity contribution >= 4 is 26.9 Å². The van der Waals surface area contributed by atoms with Crippen LogP contribution in [-0.2, 0) is 23.6 Å². The van der Waals surface area contributed by atoms with Crippen LogP contribution in [0.15, 0.2) is 35.4 Å². The van der Waals surface area contributed by atoms with Crippen molar-refractivity contribution in [1.29, 1.82) is 0 Å². The van der Waals surface area contributed by atoms with Gasteiger partial charge in [0, 0.05) is 19.5 Å². The summed E-state index contributed by atoms with van der Waals surface area (Å²) in [6.07, 6.45) is 1.73. The van der Waals surface area contributed by atoms with E-state index in [0.29, 0.717) is 12.4 Å². The summed E-state index contributed by atoms with van der Waals surface area (Å²) < 4.78 is 24.3. The van der Waals surface area contributed by atoms with Crippen molar-refractivity contribution in [2.75, 3.05) is 5.32 Å². The van der Waals surface area contributed by atoms with E-state index in [-0.39, 0.29) is 10.8 Å². The molecule has 2 aromatic heterocycles. The second-order valence-electron chi connectivity index (χ2n) is 6.13. The van der Waals surface area contributed by atoms with Gasteiger partial charge in [-0.05, 0) is 17.7 Å². The molecular weight excluding hydrogens is 340 g/mol. The van der Waals surface area contributed by atoms with Gasteiger partial charge < -0.3 is 5.32 Å². The number of nitrogens with two attached hydrogens (primary N) is 1. The van der Waals surface area contributed by atoms with Gasteiger partial charge in [-0.25, -0.2) is 23.5 Å². The van der Waals surface area contributed by atoms with E-state index in [0.717, 1.165) is 22.4 Å². The summed E-state index contributed by atoms with van der Waals surface area (Å²) in [5, 5.41) is 13.5. The summed E-state index contributed by atoms with van der Waals surface area (Å²) in [5.41, 5.74) is 1.68. The Morgan fingerprint density at radius 3 is 2.48 bits per heavy atom.